The highest BCUT2D eigenvalue weighted by Crippen LogP contribution is 2.34. The summed E-state index contributed by atoms with van der Waals surface area (Å²) in [6, 6.07) is 9.34. The lowest BCUT2D eigenvalue weighted by atomic mass is 10.0. The molecule has 25 heavy (non-hydrogen) atoms. The van der Waals surface area contributed by atoms with Gasteiger partial charge < -0.3 is 26.2 Å². The quantitative estimate of drug-likeness (QED) is 0.443. The third kappa shape index (κ3) is 2.98. The number of hydrogen-bond donors (Lipinski definition) is 5. The molecule has 0 spiro atoms. The topological polar surface area (TPSA) is 120 Å². The maximum absolute atomic E-state index is 10.5. The summed E-state index contributed by atoms with van der Waals surface area (Å²) in [5, 5.41) is 24.3. The lowest BCUT2D eigenvalue weighted by Gasteiger charge is -2.15. The molecule has 0 aliphatic carbocycles. The Hall–Kier alpha value is -2.13. The van der Waals surface area contributed by atoms with Crippen LogP contribution < -0.4 is 11.1 Å². The highest BCUT2D eigenvalue weighted by molar-refractivity contribution is 7.99. The Morgan fingerprint density at radius 1 is 1.12 bits per heavy atom. The van der Waals surface area contributed by atoms with Crippen molar-refractivity contribution in [2.45, 2.75) is 29.2 Å². The minimum Gasteiger partial charge on any atom is -0.389 e. The van der Waals surface area contributed by atoms with Crippen LogP contribution in [0, 0.1) is 0 Å². The SMILES string of the molecule is Nc1ncnc2c([C@@H]3N[C@H](CSc4ccccc4)[C@@H](O)[C@H]3O)c[nH]c12. The van der Waals surface area contributed by atoms with E-state index in [0.29, 0.717) is 22.6 Å². The van der Waals surface area contributed by atoms with Gasteiger partial charge in [0.05, 0.1) is 17.7 Å². The fourth-order valence-corrected chi connectivity index (χ4v) is 4.22. The molecule has 3 aromatic rings. The second-order valence-corrected chi connectivity index (χ2v) is 7.18. The van der Waals surface area contributed by atoms with E-state index in [1.54, 1.807) is 18.0 Å². The van der Waals surface area contributed by atoms with Crippen LogP contribution in [0.5, 0.6) is 0 Å². The molecule has 1 aromatic carbocycles. The molecule has 0 unspecified atom stereocenters. The van der Waals surface area contributed by atoms with Gasteiger partial charge >= 0.3 is 0 Å². The number of thioether (sulfide) groups is 1. The maximum atomic E-state index is 10.5. The zero-order chi connectivity index (χ0) is 17.4. The van der Waals surface area contributed by atoms with Gasteiger partial charge in [-0.15, -0.1) is 11.8 Å². The monoisotopic (exact) mass is 357 g/mol. The van der Waals surface area contributed by atoms with Crippen LogP contribution in [-0.4, -0.2) is 49.2 Å². The van der Waals surface area contributed by atoms with Gasteiger partial charge in [-0.2, -0.15) is 0 Å². The fourth-order valence-electron chi connectivity index (χ4n) is 3.20. The average Bonchev–Trinajstić information content (AvgIpc) is 3.18. The first-order valence-electron chi connectivity index (χ1n) is 8.02. The molecule has 4 atom stereocenters. The van der Waals surface area contributed by atoms with Crippen molar-refractivity contribution in [1.29, 1.82) is 0 Å². The van der Waals surface area contributed by atoms with E-state index in [1.807, 2.05) is 30.3 Å². The van der Waals surface area contributed by atoms with Crippen molar-refractivity contribution >= 4 is 28.6 Å². The predicted molar refractivity (Wildman–Crippen MR) is 97.1 cm³/mol. The molecule has 1 aliphatic rings. The number of nitrogen functional groups attached to an aromatic ring is 1. The van der Waals surface area contributed by atoms with Crippen molar-refractivity contribution in [2.24, 2.45) is 0 Å². The van der Waals surface area contributed by atoms with Gasteiger partial charge in [0.1, 0.15) is 17.9 Å². The number of hydrogen-bond acceptors (Lipinski definition) is 7. The third-order valence-corrected chi connectivity index (χ3v) is 5.66. The zero-order valence-corrected chi connectivity index (χ0v) is 14.1. The summed E-state index contributed by atoms with van der Waals surface area (Å²) in [4.78, 5) is 12.4. The molecule has 0 saturated carbocycles. The van der Waals surface area contributed by atoms with Gasteiger partial charge in [-0.05, 0) is 12.1 Å². The molecule has 4 rings (SSSR count). The first-order valence-corrected chi connectivity index (χ1v) is 9.01. The number of aliphatic hydroxyl groups excluding tert-OH is 2. The Kier molecular flexibility index (Phi) is 4.34. The highest BCUT2D eigenvalue weighted by Gasteiger charge is 2.42. The van der Waals surface area contributed by atoms with E-state index in [2.05, 4.69) is 20.3 Å². The van der Waals surface area contributed by atoms with Gasteiger partial charge in [0.25, 0.3) is 0 Å². The van der Waals surface area contributed by atoms with Crippen LogP contribution in [0.25, 0.3) is 11.0 Å². The van der Waals surface area contributed by atoms with Crippen LogP contribution in [-0.2, 0) is 0 Å². The molecule has 130 valence electrons. The normalized spacial score (nSPS) is 26.3. The summed E-state index contributed by atoms with van der Waals surface area (Å²) in [5.41, 5.74) is 7.93. The van der Waals surface area contributed by atoms with Crippen molar-refractivity contribution < 1.29 is 10.2 Å². The van der Waals surface area contributed by atoms with E-state index in [0.717, 1.165) is 10.5 Å². The van der Waals surface area contributed by atoms with Crippen molar-refractivity contribution in [3.63, 3.8) is 0 Å². The molecule has 0 bridgehead atoms. The number of aliphatic hydroxyl groups is 2. The summed E-state index contributed by atoms with van der Waals surface area (Å²) < 4.78 is 0. The lowest BCUT2D eigenvalue weighted by Crippen LogP contribution is -2.35. The fraction of sp³-hybridized carbons (Fsp3) is 0.294. The molecule has 7 nitrogen and oxygen atoms in total. The van der Waals surface area contributed by atoms with Crippen molar-refractivity contribution in [3.05, 3.63) is 48.4 Å². The predicted octanol–water partition coefficient (Wildman–Crippen LogP) is 1.07. The van der Waals surface area contributed by atoms with Crippen molar-refractivity contribution in [3.8, 4) is 0 Å². The van der Waals surface area contributed by atoms with E-state index in [4.69, 9.17) is 5.73 Å². The minimum absolute atomic E-state index is 0.227. The van der Waals surface area contributed by atoms with Crippen LogP contribution in [0.15, 0.2) is 47.8 Å². The number of nitrogens with two attached hydrogens (primary N) is 1. The number of anilines is 1. The average molecular weight is 357 g/mol. The number of aromatic nitrogens is 3. The second kappa shape index (κ2) is 6.64. The van der Waals surface area contributed by atoms with Gasteiger partial charge in [-0.1, -0.05) is 18.2 Å². The molecule has 3 heterocycles. The Morgan fingerprint density at radius 2 is 1.92 bits per heavy atom. The zero-order valence-electron chi connectivity index (χ0n) is 13.3. The van der Waals surface area contributed by atoms with Gasteiger partial charge in [-0.3, -0.25) is 0 Å². The minimum atomic E-state index is -0.920. The first-order chi connectivity index (χ1) is 12.1. The Labute approximate surface area is 148 Å². The van der Waals surface area contributed by atoms with E-state index >= 15 is 0 Å². The molecule has 1 fully saturated rings. The molecule has 1 aliphatic heterocycles. The Bertz CT molecular complexity index is 872. The summed E-state index contributed by atoms with van der Waals surface area (Å²) in [5.74, 6) is 1.01. The van der Waals surface area contributed by atoms with Crippen LogP contribution in [0.2, 0.25) is 0 Å². The number of benzene rings is 1. The largest absolute Gasteiger partial charge is 0.389 e. The Balaban J connectivity index is 1.54. The van der Waals surface area contributed by atoms with E-state index in [9.17, 15) is 10.2 Å². The van der Waals surface area contributed by atoms with E-state index in [-0.39, 0.29) is 6.04 Å². The van der Waals surface area contributed by atoms with Crippen LogP contribution in [0.4, 0.5) is 5.82 Å². The number of nitrogens with zero attached hydrogens (tertiary/aromatic N) is 2. The second-order valence-electron chi connectivity index (χ2n) is 6.08. The molecule has 0 radical (unpaired) electrons. The molecule has 6 N–H and O–H groups in total. The highest BCUT2D eigenvalue weighted by atomic mass is 32.2. The van der Waals surface area contributed by atoms with Gasteiger partial charge in [0.2, 0.25) is 0 Å². The number of nitrogens with one attached hydrogen (secondary N) is 2. The number of H-pyrrole nitrogens is 1. The summed E-state index contributed by atoms with van der Waals surface area (Å²) in [7, 11) is 0. The number of aromatic amines is 1. The summed E-state index contributed by atoms with van der Waals surface area (Å²) in [6.07, 6.45) is 1.38. The van der Waals surface area contributed by atoms with Crippen LogP contribution in [0.3, 0.4) is 0 Å². The summed E-state index contributed by atoms with van der Waals surface area (Å²) >= 11 is 1.64. The van der Waals surface area contributed by atoms with Gasteiger partial charge in [0, 0.05) is 28.5 Å². The smallest absolute Gasteiger partial charge is 0.151 e. The lowest BCUT2D eigenvalue weighted by molar-refractivity contribution is 0.0308. The number of rotatable bonds is 4. The molecular formula is C17H19N5O2S. The maximum Gasteiger partial charge on any atom is 0.151 e. The third-order valence-electron chi connectivity index (χ3n) is 4.53. The van der Waals surface area contributed by atoms with E-state index in [1.165, 1.54) is 6.33 Å². The van der Waals surface area contributed by atoms with Crippen molar-refractivity contribution in [1.82, 2.24) is 20.3 Å². The molecule has 1 saturated heterocycles. The van der Waals surface area contributed by atoms with Gasteiger partial charge in [0.15, 0.2) is 5.82 Å². The van der Waals surface area contributed by atoms with Crippen LogP contribution >= 0.6 is 11.8 Å². The number of fused-ring (bicyclic) bond motifs is 1. The Morgan fingerprint density at radius 3 is 2.72 bits per heavy atom. The molecule has 0 amide bonds. The molecular weight excluding hydrogens is 338 g/mol. The van der Waals surface area contributed by atoms with Crippen LogP contribution in [0.1, 0.15) is 11.6 Å². The molecule has 8 heteroatoms. The standard InChI is InChI=1S/C17H19N5O2S/c18-17-14-12(20-8-21-17)10(6-19-14)13-16(24)15(23)11(22-13)7-25-9-4-2-1-3-5-9/h1-6,8,11,13,15-16,19,22-24H,7H2,(H2,18,20,21)/t11-,13+,15-,16+/m1/s1. The van der Waals surface area contributed by atoms with E-state index < -0.39 is 18.2 Å². The van der Waals surface area contributed by atoms with Crippen molar-refractivity contribution in [2.75, 3.05) is 11.5 Å². The summed E-state index contributed by atoms with van der Waals surface area (Å²) in [6.45, 7) is 0. The van der Waals surface area contributed by atoms with Gasteiger partial charge in [-0.25, -0.2) is 9.97 Å². The molecule has 2 aromatic heterocycles. The first kappa shape index (κ1) is 16.3.